The van der Waals surface area contributed by atoms with Gasteiger partial charge in [0, 0.05) is 6.61 Å². The quantitative estimate of drug-likeness (QED) is 0.485. The van der Waals surface area contributed by atoms with Crippen LogP contribution in [0.5, 0.6) is 0 Å². The van der Waals surface area contributed by atoms with E-state index >= 15 is 0 Å². The lowest BCUT2D eigenvalue weighted by atomic mass is 10.0. The maximum atomic E-state index is 6.29. The Hall–Kier alpha value is 0.250. The Labute approximate surface area is 80.4 Å². The summed E-state index contributed by atoms with van der Waals surface area (Å²) in [5, 5.41) is -0.298. The molecule has 1 heterocycles. The van der Waals surface area contributed by atoms with Gasteiger partial charge in [0.1, 0.15) is 5.06 Å². The van der Waals surface area contributed by atoms with E-state index in [0.29, 0.717) is 0 Å². The highest BCUT2D eigenvalue weighted by atomic mass is 35.5. The van der Waals surface area contributed by atoms with Gasteiger partial charge in [0.25, 0.3) is 0 Å². The summed E-state index contributed by atoms with van der Waals surface area (Å²) in [7, 11) is 0. The van der Waals surface area contributed by atoms with Gasteiger partial charge in [-0.2, -0.15) is 0 Å². The number of alkyl halides is 1. The van der Waals surface area contributed by atoms with Crippen molar-refractivity contribution in [2.75, 3.05) is 6.61 Å². The van der Waals surface area contributed by atoms with Crippen LogP contribution in [0.25, 0.3) is 0 Å². The van der Waals surface area contributed by atoms with Crippen LogP contribution < -0.4 is 0 Å². The Balaban J connectivity index is 2.17. The molecule has 1 fully saturated rings. The monoisotopic (exact) mass is 190 g/mol. The van der Waals surface area contributed by atoms with Gasteiger partial charge in [0.05, 0.1) is 0 Å². The zero-order valence-electron chi connectivity index (χ0n) is 7.94. The first-order valence-electron chi connectivity index (χ1n) is 5.10. The lowest BCUT2D eigenvalue weighted by molar-refractivity contribution is -0.0233. The highest BCUT2D eigenvalue weighted by Crippen LogP contribution is 2.33. The van der Waals surface area contributed by atoms with Crippen LogP contribution in [-0.4, -0.2) is 11.7 Å². The SMILES string of the molecule is CCCCCC1(Cl)CCCCO1. The van der Waals surface area contributed by atoms with Gasteiger partial charge in [-0.05, 0) is 32.1 Å². The zero-order chi connectivity index (χ0) is 8.86. The van der Waals surface area contributed by atoms with E-state index in [-0.39, 0.29) is 5.06 Å². The third kappa shape index (κ3) is 3.32. The van der Waals surface area contributed by atoms with Gasteiger partial charge in [-0.15, -0.1) is 0 Å². The highest BCUT2D eigenvalue weighted by molar-refractivity contribution is 6.22. The summed E-state index contributed by atoms with van der Waals surface area (Å²) >= 11 is 6.29. The summed E-state index contributed by atoms with van der Waals surface area (Å²) < 4.78 is 5.58. The van der Waals surface area contributed by atoms with E-state index in [1.807, 2.05) is 0 Å². The van der Waals surface area contributed by atoms with Gasteiger partial charge in [0.15, 0.2) is 0 Å². The number of hydrogen-bond donors (Lipinski definition) is 0. The first-order chi connectivity index (χ1) is 5.77. The fraction of sp³-hybridized carbons (Fsp3) is 1.00. The summed E-state index contributed by atoms with van der Waals surface area (Å²) in [5.41, 5.74) is 0. The van der Waals surface area contributed by atoms with Crippen LogP contribution in [0.15, 0.2) is 0 Å². The largest absolute Gasteiger partial charge is 0.360 e. The minimum absolute atomic E-state index is 0.298. The molecular weight excluding hydrogens is 172 g/mol. The normalized spacial score (nSPS) is 30.5. The molecule has 1 aliphatic heterocycles. The lowest BCUT2D eigenvalue weighted by Gasteiger charge is -2.31. The van der Waals surface area contributed by atoms with E-state index in [1.54, 1.807) is 0 Å². The van der Waals surface area contributed by atoms with Crippen LogP contribution in [0.4, 0.5) is 0 Å². The van der Waals surface area contributed by atoms with Gasteiger partial charge in [0.2, 0.25) is 0 Å². The highest BCUT2D eigenvalue weighted by Gasteiger charge is 2.29. The van der Waals surface area contributed by atoms with Crippen LogP contribution in [0.2, 0.25) is 0 Å². The molecule has 72 valence electrons. The molecule has 1 unspecified atom stereocenters. The predicted molar refractivity (Wildman–Crippen MR) is 52.5 cm³/mol. The molecule has 2 heteroatoms. The Morgan fingerprint density at radius 2 is 2.17 bits per heavy atom. The van der Waals surface area contributed by atoms with Gasteiger partial charge in [-0.1, -0.05) is 31.4 Å². The predicted octanol–water partition coefficient (Wildman–Crippen LogP) is 3.70. The van der Waals surface area contributed by atoms with Crippen LogP contribution in [0, 0.1) is 0 Å². The van der Waals surface area contributed by atoms with Crippen molar-refractivity contribution in [1.82, 2.24) is 0 Å². The number of ether oxygens (including phenoxy) is 1. The van der Waals surface area contributed by atoms with E-state index in [2.05, 4.69) is 6.92 Å². The number of hydrogen-bond acceptors (Lipinski definition) is 1. The fourth-order valence-corrected chi connectivity index (χ4v) is 2.00. The minimum atomic E-state index is -0.298. The number of rotatable bonds is 4. The number of unbranched alkanes of at least 4 members (excludes halogenated alkanes) is 2. The smallest absolute Gasteiger partial charge is 0.141 e. The molecule has 1 nitrogen and oxygen atoms in total. The zero-order valence-corrected chi connectivity index (χ0v) is 8.70. The second kappa shape index (κ2) is 5.08. The van der Waals surface area contributed by atoms with Crippen molar-refractivity contribution < 1.29 is 4.74 Å². The lowest BCUT2D eigenvalue weighted by Crippen LogP contribution is -2.29. The van der Waals surface area contributed by atoms with Crippen molar-refractivity contribution >= 4 is 11.6 Å². The minimum Gasteiger partial charge on any atom is -0.360 e. The van der Waals surface area contributed by atoms with Crippen molar-refractivity contribution in [3.05, 3.63) is 0 Å². The van der Waals surface area contributed by atoms with E-state index in [4.69, 9.17) is 16.3 Å². The third-order valence-electron chi connectivity index (χ3n) is 2.46. The van der Waals surface area contributed by atoms with Gasteiger partial charge < -0.3 is 4.74 Å². The van der Waals surface area contributed by atoms with Crippen LogP contribution in [-0.2, 0) is 4.74 Å². The van der Waals surface area contributed by atoms with E-state index in [0.717, 1.165) is 19.4 Å². The summed E-state index contributed by atoms with van der Waals surface area (Å²) in [5.74, 6) is 0. The molecule has 1 atom stereocenters. The molecule has 0 N–H and O–H groups in total. The van der Waals surface area contributed by atoms with Crippen LogP contribution >= 0.6 is 11.6 Å². The Kier molecular flexibility index (Phi) is 4.38. The van der Waals surface area contributed by atoms with Crippen LogP contribution in [0.1, 0.15) is 51.9 Å². The van der Waals surface area contributed by atoms with Crippen molar-refractivity contribution in [1.29, 1.82) is 0 Å². The van der Waals surface area contributed by atoms with E-state index < -0.39 is 0 Å². The van der Waals surface area contributed by atoms with E-state index in [1.165, 1.54) is 32.1 Å². The maximum Gasteiger partial charge on any atom is 0.141 e. The first-order valence-corrected chi connectivity index (χ1v) is 5.47. The van der Waals surface area contributed by atoms with Gasteiger partial charge >= 0.3 is 0 Å². The maximum absolute atomic E-state index is 6.29. The second-order valence-corrected chi connectivity index (χ2v) is 4.33. The summed E-state index contributed by atoms with van der Waals surface area (Å²) in [6.07, 6.45) is 8.23. The molecule has 0 aromatic carbocycles. The second-order valence-electron chi connectivity index (χ2n) is 3.65. The van der Waals surface area contributed by atoms with Crippen molar-refractivity contribution in [2.24, 2.45) is 0 Å². The molecule has 1 aliphatic rings. The molecule has 0 spiro atoms. The Morgan fingerprint density at radius 1 is 1.33 bits per heavy atom. The fourth-order valence-electron chi connectivity index (χ4n) is 1.65. The molecule has 1 saturated heterocycles. The molecule has 0 aromatic rings. The third-order valence-corrected chi connectivity index (χ3v) is 2.95. The average molecular weight is 191 g/mol. The van der Waals surface area contributed by atoms with Gasteiger partial charge in [-0.25, -0.2) is 0 Å². The topological polar surface area (TPSA) is 9.23 Å². The van der Waals surface area contributed by atoms with E-state index in [9.17, 15) is 0 Å². The summed E-state index contributed by atoms with van der Waals surface area (Å²) in [4.78, 5) is 0. The van der Waals surface area contributed by atoms with Crippen LogP contribution in [0.3, 0.4) is 0 Å². The summed E-state index contributed by atoms with van der Waals surface area (Å²) in [6.45, 7) is 3.07. The van der Waals surface area contributed by atoms with Crippen molar-refractivity contribution in [2.45, 2.75) is 56.9 Å². The Bertz CT molecular complexity index is 119. The van der Waals surface area contributed by atoms with Gasteiger partial charge in [-0.3, -0.25) is 0 Å². The molecule has 0 amide bonds. The Morgan fingerprint density at radius 3 is 2.75 bits per heavy atom. The summed E-state index contributed by atoms with van der Waals surface area (Å²) in [6, 6.07) is 0. The molecule has 12 heavy (non-hydrogen) atoms. The molecule has 0 radical (unpaired) electrons. The van der Waals surface area contributed by atoms with Crippen molar-refractivity contribution in [3.63, 3.8) is 0 Å². The molecule has 1 rings (SSSR count). The van der Waals surface area contributed by atoms with Crippen molar-refractivity contribution in [3.8, 4) is 0 Å². The average Bonchev–Trinajstić information content (AvgIpc) is 2.06. The molecule has 0 saturated carbocycles. The first kappa shape index (κ1) is 10.3. The number of halogens is 1. The molecule has 0 bridgehead atoms. The molecule has 0 aromatic heterocycles. The molecular formula is C10H19ClO. The standard InChI is InChI=1S/C10H19ClO/c1-2-3-4-7-10(11)8-5-6-9-12-10/h2-9H2,1H3. The molecule has 0 aliphatic carbocycles.